The maximum Gasteiger partial charge on any atom is 0.291 e. The van der Waals surface area contributed by atoms with Crippen molar-refractivity contribution >= 4 is 17.5 Å². The molecule has 0 aliphatic rings. The Morgan fingerprint density at radius 3 is 2.60 bits per heavy atom. The second kappa shape index (κ2) is 5.92. The number of methoxy groups -OCH3 is 1. The lowest BCUT2D eigenvalue weighted by molar-refractivity contribution is 0.0961. The van der Waals surface area contributed by atoms with E-state index in [-0.39, 0.29) is 17.6 Å². The number of hydrogen-bond donors (Lipinski definition) is 2. The van der Waals surface area contributed by atoms with E-state index in [4.69, 9.17) is 9.15 Å². The molecule has 2 rings (SSSR count). The van der Waals surface area contributed by atoms with Gasteiger partial charge in [-0.3, -0.25) is 9.59 Å². The molecule has 0 saturated carbocycles. The van der Waals surface area contributed by atoms with Crippen molar-refractivity contribution in [1.82, 2.24) is 5.32 Å². The number of ether oxygens (including phenoxy) is 1. The monoisotopic (exact) mass is 274 g/mol. The van der Waals surface area contributed by atoms with E-state index in [2.05, 4.69) is 10.6 Å². The molecular formula is C14H14N2O4. The summed E-state index contributed by atoms with van der Waals surface area (Å²) in [5, 5.41) is 5.18. The molecule has 0 spiro atoms. The summed E-state index contributed by atoms with van der Waals surface area (Å²) in [6.45, 7) is 0. The van der Waals surface area contributed by atoms with Crippen LogP contribution >= 0.6 is 0 Å². The molecule has 6 nitrogen and oxygen atoms in total. The first kappa shape index (κ1) is 13.7. The van der Waals surface area contributed by atoms with Crippen LogP contribution in [0, 0.1) is 0 Å². The zero-order valence-electron chi connectivity index (χ0n) is 11.1. The molecule has 1 aromatic heterocycles. The minimum absolute atomic E-state index is 0.197. The molecule has 0 fully saturated rings. The third-order valence-electron chi connectivity index (χ3n) is 2.68. The van der Waals surface area contributed by atoms with Crippen molar-refractivity contribution in [2.45, 2.75) is 0 Å². The van der Waals surface area contributed by atoms with Crippen LogP contribution in [0.15, 0.2) is 41.0 Å². The Morgan fingerprint density at radius 1 is 1.20 bits per heavy atom. The Hall–Kier alpha value is -2.76. The minimum atomic E-state index is -0.388. The maximum atomic E-state index is 11.9. The van der Waals surface area contributed by atoms with Crippen molar-refractivity contribution in [3.8, 4) is 5.75 Å². The third-order valence-corrected chi connectivity index (χ3v) is 2.68. The van der Waals surface area contributed by atoms with Crippen LogP contribution < -0.4 is 15.4 Å². The summed E-state index contributed by atoms with van der Waals surface area (Å²) in [4.78, 5) is 23.4. The van der Waals surface area contributed by atoms with Gasteiger partial charge >= 0.3 is 0 Å². The van der Waals surface area contributed by atoms with Crippen molar-refractivity contribution in [2.24, 2.45) is 0 Å². The molecule has 2 N–H and O–H groups in total. The molecular weight excluding hydrogens is 260 g/mol. The molecule has 0 bridgehead atoms. The number of amides is 2. The van der Waals surface area contributed by atoms with Crippen LogP contribution in [0.4, 0.5) is 5.69 Å². The number of carbonyl (C=O) groups excluding carboxylic acids is 2. The molecule has 0 saturated heterocycles. The summed E-state index contributed by atoms with van der Waals surface area (Å²) in [5.74, 6) is -0.0263. The lowest BCUT2D eigenvalue weighted by atomic mass is 10.1. The van der Waals surface area contributed by atoms with E-state index in [1.807, 2.05) is 0 Å². The van der Waals surface area contributed by atoms with Gasteiger partial charge in [0.25, 0.3) is 11.8 Å². The van der Waals surface area contributed by atoms with Gasteiger partial charge in [0.2, 0.25) is 0 Å². The average Bonchev–Trinajstić information content (AvgIpc) is 3.01. The summed E-state index contributed by atoms with van der Waals surface area (Å²) in [5.41, 5.74) is 0.905. The van der Waals surface area contributed by atoms with Crippen molar-refractivity contribution in [3.05, 3.63) is 47.9 Å². The van der Waals surface area contributed by atoms with Crippen molar-refractivity contribution in [1.29, 1.82) is 0 Å². The van der Waals surface area contributed by atoms with Crippen LogP contribution in [-0.4, -0.2) is 26.0 Å². The first-order valence-electron chi connectivity index (χ1n) is 5.90. The highest BCUT2D eigenvalue weighted by atomic mass is 16.5. The summed E-state index contributed by atoms with van der Waals surface area (Å²) in [6, 6.07) is 7.93. The minimum Gasteiger partial charge on any atom is -0.495 e. The summed E-state index contributed by atoms with van der Waals surface area (Å²) in [7, 11) is 3.01. The van der Waals surface area contributed by atoms with Gasteiger partial charge in [-0.15, -0.1) is 0 Å². The second-order valence-electron chi connectivity index (χ2n) is 3.93. The van der Waals surface area contributed by atoms with Crippen molar-refractivity contribution < 1.29 is 18.7 Å². The van der Waals surface area contributed by atoms with E-state index in [1.165, 1.54) is 13.4 Å². The van der Waals surface area contributed by atoms with Gasteiger partial charge in [-0.2, -0.15) is 0 Å². The van der Waals surface area contributed by atoms with Crippen LogP contribution in [-0.2, 0) is 0 Å². The lowest BCUT2D eigenvalue weighted by Crippen LogP contribution is -2.18. The molecule has 0 radical (unpaired) electrons. The van der Waals surface area contributed by atoms with Gasteiger partial charge in [0.05, 0.1) is 19.1 Å². The zero-order chi connectivity index (χ0) is 14.5. The van der Waals surface area contributed by atoms with E-state index in [0.29, 0.717) is 17.0 Å². The smallest absolute Gasteiger partial charge is 0.291 e. The predicted octanol–water partition coefficient (Wildman–Crippen LogP) is 1.90. The third kappa shape index (κ3) is 2.80. The van der Waals surface area contributed by atoms with Gasteiger partial charge in [-0.25, -0.2) is 0 Å². The van der Waals surface area contributed by atoms with Crippen LogP contribution in [0.1, 0.15) is 20.9 Å². The van der Waals surface area contributed by atoms with Crippen LogP contribution in [0.5, 0.6) is 5.75 Å². The first-order chi connectivity index (χ1) is 9.65. The Labute approximate surface area is 115 Å². The normalized spacial score (nSPS) is 9.90. The molecule has 1 heterocycles. The van der Waals surface area contributed by atoms with Gasteiger partial charge in [-0.05, 0) is 30.3 Å². The van der Waals surface area contributed by atoms with Gasteiger partial charge < -0.3 is 19.8 Å². The summed E-state index contributed by atoms with van der Waals surface area (Å²) >= 11 is 0. The number of rotatable bonds is 4. The van der Waals surface area contributed by atoms with E-state index < -0.39 is 0 Å². The second-order valence-corrected chi connectivity index (χ2v) is 3.93. The van der Waals surface area contributed by atoms with E-state index in [0.717, 1.165) is 0 Å². The van der Waals surface area contributed by atoms with Crippen LogP contribution in [0.2, 0.25) is 0 Å². The van der Waals surface area contributed by atoms with Crippen LogP contribution in [0.25, 0.3) is 0 Å². The van der Waals surface area contributed by atoms with Gasteiger partial charge in [0.15, 0.2) is 5.76 Å². The Balaban J connectivity index is 2.24. The molecule has 104 valence electrons. The average molecular weight is 274 g/mol. The highest BCUT2D eigenvalue weighted by Crippen LogP contribution is 2.26. The number of hydrogen-bond acceptors (Lipinski definition) is 4. The highest BCUT2D eigenvalue weighted by molar-refractivity contribution is 6.03. The Bertz CT molecular complexity index is 620. The topological polar surface area (TPSA) is 80.6 Å². The lowest BCUT2D eigenvalue weighted by Gasteiger charge is -2.10. The Morgan fingerprint density at radius 2 is 2.00 bits per heavy atom. The standard InChI is InChI=1S/C14H14N2O4/c1-15-13(17)9-5-6-10(12(8-9)19-2)16-14(18)11-4-3-7-20-11/h3-8H,1-2H3,(H,15,17)(H,16,18). The maximum absolute atomic E-state index is 11.9. The largest absolute Gasteiger partial charge is 0.495 e. The van der Waals surface area contributed by atoms with Crippen molar-refractivity contribution in [3.63, 3.8) is 0 Å². The fraction of sp³-hybridized carbons (Fsp3) is 0.143. The van der Waals surface area contributed by atoms with Crippen molar-refractivity contribution in [2.75, 3.05) is 19.5 Å². The molecule has 2 aromatic rings. The quantitative estimate of drug-likeness (QED) is 0.892. The predicted molar refractivity (Wildman–Crippen MR) is 73.0 cm³/mol. The molecule has 2 amide bonds. The van der Waals surface area contributed by atoms with Gasteiger partial charge in [0.1, 0.15) is 5.75 Å². The fourth-order valence-electron chi connectivity index (χ4n) is 1.67. The zero-order valence-corrected chi connectivity index (χ0v) is 11.1. The summed E-state index contributed by atoms with van der Waals surface area (Å²) in [6.07, 6.45) is 1.42. The molecule has 6 heteroatoms. The SMILES string of the molecule is CNC(=O)c1ccc(NC(=O)c2ccco2)c(OC)c1. The molecule has 20 heavy (non-hydrogen) atoms. The molecule has 0 unspecified atom stereocenters. The molecule has 0 atom stereocenters. The van der Waals surface area contributed by atoms with E-state index in [9.17, 15) is 9.59 Å². The first-order valence-corrected chi connectivity index (χ1v) is 5.90. The number of benzene rings is 1. The van der Waals surface area contributed by atoms with Gasteiger partial charge in [0, 0.05) is 12.6 Å². The van der Waals surface area contributed by atoms with Crippen LogP contribution in [0.3, 0.4) is 0 Å². The molecule has 0 aliphatic heterocycles. The molecule has 1 aromatic carbocycles. The number of furan rings is 1. The number of anilines is 1. The van der Waals surface area contributed by atoms with E-state index in [1.54, 1.807) is 37.4 Å². The molecule has 0 aliphatic carbocycles. The Kier molecular flexibility index (Phi) is 4.05. The highest BCUT2D eigenvalue weighted by Gasteiger charge is 2.13. The fourth-order valence-corrected chi connectivity index (χ4v) is 1.67. The summed E-state index contributed by atoms with van der Waals surface area (Å²) < 4.78 is 10.2. The van der Waals surface area contributed by atoms with E-state index >= 15 is 0 Å². The van der Waals surface area contributed by atoms with Gasteiger partial charge in [-0.1, -0.05) is 0 Å². The number of nitrogens with one attached hydrogen (secondary N) is 2. The number of carbonyl (C=O) groups is 2.